The van der Waals surface area contributed by atoms with E-state index in [2.05, 4.69) is 6.58 Å². The molecule has 3 heteroatoms. The van der Waals surface area contributed by atoms with Crippen molar-refractivity contribution in [2.75, 3.05) is 13.1 Å². The Morgan fingerprint density at radius 2 is 2.14 bits per heavy atom. The highest BCUT2D eigenvalue weighted by molar-refractivity contribution is 5.81. The van der Waals surface area contributed by atoms with Gasteiger partial charge in [-0.05, 0) is 20.3 Å². The van der Waals surface area contributed by atoms with E-state index < -0.39 is 5.92 Å². The Balaban J connectivity index is 4.45. The molecule has 0 aromatic carbocycles. The molecule has 0 aromatic rings. The number of hydrogen-bond donors (Lipinski definition) is 0. The van der Waals surface area contributed by atoms with Crippen LogP contribution in [0.15, 0.2) is 12.2 Å². The first-order valence-corrected chi connectivity index (χ1v) is 4.89. The Bertz CT molecular complexity index is 253. The number of nitrogens with zero attached hydrogens (tertiary/aromatic N) is 2. The summed E-state index contributed by atoms with van der Waals surface area (Å²) in [6.07, 6.45) is 0.571. The van der Waals surface area contributed by atoms with Crippen LogP contribution in [-0.2, 0) is 4.79 Å². The van der Waals surface area contributed by atoms with E-state index in [1.807, 2.05) is 26.8 Å². The van der Waals surface area contributed by atoms with Gasteiger partial charge in [-0.3, -0.25) is 4.79 Å². The molecule has 0 aliphatic carbocycles. The fraction of sp³-hybridized carbons (Fsp3) is 0.636. The topological polar surface area (TPSA) is 44.1 Å². The summed E-state index contributed by atoms with van der Waals surface area (Å²) >= 11 is 0. The van der Waals surface area contributed by atoms with Gasteiger partial charge in [0.25, 0.3) is 0 Å². The molecule has 1 unspecified atom stereocenters. The summed E-state index contributed by atoms with van der Waals surface area (Å²) in [6, 6.07) is 2.02. The zero-order valence-corrected chi connectivity index (χ0v) is 9.21. The molecule has 0 bridgehead atoms. The van der Waals surface area contributed by atoms with Crippen molar-refractivity contribution in [3.63, 3.8) is 0 Å². The lowest BCUT2D eigenvalue weighted by molar-refractivity contribution is -0.133. The number of nitriles is 1. The molecule has 0 spiro atoms. The highest BCUT2D eigenvalue weighted by Gasteiger charge is 2.20. The van der Waals surface area contributed by atoms with Crippen molar-refractivity contribution >= 4 is 5.91 Å². The number of rotatable bonds is 5. The van der Waals surface area contributed by atoms with Gasteiger partial charge in [0.05, 0.1) is 6.07 Å². The van der Waals surface area contributed by atoms with Crippen molar-refractivity contribution in [3.8, 4) is 6.07 Å². The second-order valence-electron chi connectivity index (χ2n) is 3.40. The first-order chi connectivity index (χ1) is 6.56. The molecule has 0 fully saturated rings. The first-order valence-electron chi connectivity index (χ1n) is 4.89. The van der Waals surface area contributed by atoms with Crippen LogP contribution in [0.25, 0.3) is 0 Å². The molecule has 0 aromatic heterocycles. The van der Waals surface area contributed by atoms with Crippen molar-refractivity contribution < 1.29 is 4.79 Å². The number of amides is 1. The van der Waals surface area contributed by atoms with Crippen LogP contribution in [0, 0.1) is 17.2 Å². The van der Waals surface area contributed by atoms with Gasteiger partial charge in [0.1, 0.15) is 5.92 Å². The van der Waals surface area contributed by atoms with Gasteiger partial charge in [-0.1, -0.05) is 19.1 Å². The van der Waals surface area contributed by atoms with E-state index in [4.69, 9.17) is 5.26 Å². The molecule has 0 rings (SSSR count). The molecule has 0 heterocycles. The van der Waals surface area contributed by atoms with E-state index >= 15 is 0 Å². The molecule has 3 nitrogen and oxygen atoms in total. The molecular formula is C11H18N2O. The van der Waals surface area contributed by atoms with E-state index in [-0.39, 0.29) is 5.91 Å². The molecule has 0 radical (unpaired) electrons. The lowest BCUT2D eigenvalue weighted by Crippen LogP contribution is -2.36. The van der Waals surface area contributed by atoms with Crippen LogP contribution in [0.3, 0.4) is 0 Å². The molecule has 78 valence electrons. The minimum Gasteiger partial charge on any atom is -0.338 e. The lowest BCUT2D eigenvalue weighted by atomic mass is 10.1. The average molecular weight is 194 g/mol. The van der Waals surface area contributed by atoms with Gasteiger partial charge in [-0.25, -0.2) is 0 Å². The van der Waals surface area contributed by atoms with Crippen LogP contribution >= 0.6 is 0 Å². The summed E-state index contributed by atoms with van der Waals surface area (Å²) in [5, 5.41) is 8.76. The predicted octanol–water partition coefficient (Wildman–Crippen LogP) is 1.96. The van der Waals surface area contributed by atoms with Crippen LogP contribution < -0.4 is 0 Å². The fourth-order valence-corrected chi connectivity index (χ4v) is 1.21. The van der Waals surface area contributed by atoms with E-state index in [9.17, 15) is 4.79 Å². The maximum absolute atomic E-state index is 11.7. The largest absolute Gasteiger partial charge is 0.338 e. The highest BCUT2D eigenvalue weighted by Crippen LogP contribution is 2.08. The van der Waals surface area contributed by atoms with Gasteiger partial charge in [0.2, 0.25) is 5.91 Å². The van der Waals surface area contributed by atoms with E-state index in [0.29, 0.717) is 19.5 Å². The van der Waals surface area contributed by atoms with Gasteiger partial charge < -0.3 is 4.90 Å². The monoisotopic (exact) mass is 194 g/mol. The standard InChI is InChI=1S/C11H18N2O/c1-5-10(7-12)11(14)13(6-2)8-9(3)4/h10H,3,5-6,8H2,1-2,4H3. The summed E-state index contributed by atoms with van der Waals surface area (Å²) in [5.74, 6) is -0.588. The quantitative estimate of drug-likeness (QED) is 0.628. The van der Waals surface area contributed by atoms with Gasteiger partial charge in [0, 0.05) is 13.1 Å². The molecule has 0 saturated carbocycles. The van der Waals surface area contributed by atoms with Gasteiger partial charge >= 0.3 is 0 Å². The molecule has 14 heavy (non-hydrogen) atoms. The van der Waals surface area contributed by atoms with Crippen molar-refractivity contribution in [1.82, 2.24) is 4.90 Å². The molecule has 0 aliphatic heterocycles. The fourth-order valence-electron chi connectivity index (χ4n) is 1.21. The molecule has 0 N–H and O–H groups in total. The van der Waals surface area contributed by atoms with E-state index in [1.54, 1.807) is 4.90 Å². The predicted molar refractivity (Wildman–Crippen MR) is 56.5 cm³/mol. The minimum absolute atomic E-state index is 0.0829. The Hall–Kier alpha value is -1.30. The summed E-state index contributed by atoms with van der Waals surface area (Å²) in [5.41, 5.74) is 0.938. The van der Waals surface area contributed by atoms with Crippen LogP contribution in [0.4, 0.5) is 0 Å². The Morgan fingerprint density at radius 1 is 1.57 bits per heavy atom. The SMILES string of the molecule is C=C(C)CN(CC)C(=O)C(C#N)CC. The van der Waals surface area contributed by atoms with Crippen LogP contribution in [-0.4, -0.2) is 23.9 Å². The summed E-state index contributed by atoms with van der Waals surface area (Å²) in [6.45, 7) is 10.6. The van der Waals surface area contributed by atoms with Gasteiger partial charge in [-0.2, -0.15) is 5.26 Å². The second-order valence-corrected chi connectivity index (χ2v) is 3.40. The van der Waals surface area contributed by atoms with E-state index in [1.165, 1.54) is 0 Å². The van der Waals surface area contributed by atoms with Crippen molar-refractivity contribution in [1.29, 1.82) is 5.26 Å². The maximum atomic E-state index is 11.7. The number of carbonyl (C=O) groups excluding carboxylic acids is 1. The normalized spacial score (nSPS) is 11.6. The third-order valence-corrected chi connectivity index (χ3v) is 2.02. The molecule has 0 saturated heterocycles. The first kappa shape index (κ1) is 12.7. The smallest absolute Gasteiger partial charge is 0.240 e. The van der Waals surface area contributed by atoms with Crippen molar-refractivity contribution in [2.24, 2.45) is 5.92 Å². The zero-order valence-electron chi connectivity index (χ0n) is 9.21. The lowest BCUT2D eigenvalue weighted by Gasteiger charge is -2.22. The van der Waals surface area contributed by atoms with Crippen molar-refractivity contribution in [3.05, 3.63) is 12.2 Å². The number of carbonyl (C=O) groups is 1. The third-order valence-electron chi connectivity index (χ3n) is 2.02. The summed E-state index contributed by atoms with van der Waals surface area (Å²) in [4.78, 5) is 13.4. The molecule has 0 aliphatic rings. The molecule has 1 amide bonds. The van der Waals surface area contributed by atoms with Crippen LogP contribution in [0.2, 0.25) is 0 Å². The van der Waals surface area contributed by atoms with Crippen LogP contribution in [0.5, 0.6) is 0 Å². The van der Waals surface area contributed by atoms with Crippen molar-refractivity contribution in [2.45, 2.75) is 27.2 Å². The van der Waals surface area contributed by atoms with Gasteiger partial charge in [0.15, 0.2) is 0 Å². The highest BCUT2D eigenvalue weighted by atomic mass is 16.2. The van der Waals surface area contributed by atoms with Gasteiger partial charge in [-0.15, -0.1) is 0 Å². The van der Waals surface area contributed by atoms with E-state index in [0.717, 1.165) is 5.57 Å². The molecular weight excluding hydrogens is 176 g/mol. The number of hydrogen-bond acceptors (Lipinski definition) is 2. The number of likely N-dealkylation sites (N-methyl/N-ethyl adjacent to an activating group) is 1. The average Bonchev–Trinajstić information content (AvgIpc) is 2.15. The summed E-state index contributed by atoms with van der Waals surface area (Å²) < 4.78 is 0. The third kappa shape index (κ3) is 3.61. The summed E-state index contributed by atoms with van der Waals surface area (Å²) in [7, 11) is 0. The Kier molecular flexibility index (Phi) is 5.62. The Morgan fingerprint density at radius 3 is 2.43 bits per heavy atom. The second kappa shape index (κ2) is 6.20. The maximum Gasteiger partial charge on any atom is 0.240 e. The zero-order chi connectivity index (χ0) is 11.1. The minimum atomic E-state index is -0.505. The molecule has 1 atom stereocenters. The Labute approximate surface area is 86.0 Å². The van der Waals surface area contributed by atoms with Crippen LogP contribution in [0.1, 0.15) is 27.2 Å².